The van der Waals surface area contributed by atoms with E-state index >= 15 is 0 Å². The number of aliphatic imine (C=N–C) groups is 1. The van der Waals surface area contributed by atoms with E-state index in [2.05, 4.69) is 19.9 Å². The lowest BCUT2D eigenvalue weighted by Gasteiger charge is -2.27. The molecule has 1 aliphatic rings. The number of pyridine rings is 1. The second-order valence-electron chi connectivity index (χ2n) is 4.92. The first kappa shape index (κ1) is 14.3. The zero-order valence-corrected chi connectivity index (χ0v) is 13.5. The Hall–Kier alpha value is -1.66. The molecule has 0 radical (unpaired) electrons. The molecule has 110 valence electrons. The largest absolute Gasteiger partial charge is 0.375 e. The highest BCUT2D eigenvalue weighted by molar-refractivity contribution is 7.15. The van der Waals surface area contributed by atoms with Gasteiger partial charge in [-0.25, -0.2) is 9.97 Å². The highest BCUT2D eigenvalue weighted by Gasteiger charge is 2.21. The third-order valence-corrected chi connectivity index (χ3v) is 4.85. The van der Waals surface area contributed by atoms with Crippen molar-refractivity contribution in [2.45, 2.75) is 19.9 Å². The molecule has 2 aromatic rings. The predicted octanol–water partition coefficient (Wildman–Crippen LogP) is 2.78. The maximum absolute atomic E-state index is 6.21. The number of anilines is 2. The summed E-state index contributed by atoms with van der Waals surface area (Å²) in [6, 6.07) is 2.00. The maximum atomic E-state index is 6.21. The Balaban J connectivity index is 1.92. The molecule has 0 aromatic carbocycles. The minimum atomic E-state index is 0.626. The fraction of sp³-hybridized carbons (Fsp3) is 0.357. The molecule has 0 atom stereocenters. The first-order valence-corrected chi connectivity index (χ1v) is 7.86. The number of hydrogen-bond acceptors (Lipinski definition) is 6. The Kier molecular flexibility index (Phi) is 3.82. The summed E-state index contributed by atoms with van der Waals surface area (Å²) in [5.41, 5.74) is 8.74. The first-order chi connectivity index (χ1) is 10.1. The van der Waals surface area contributed by atoms with Crippen molar-refractivity contribution >= 4 is 39.6 Å². The van der Waals surface area contributed by atoms with Gasteiger partial charge in [0, 0.05) is 42.4 Å². The summed E-state index contributed by atoms with van der Waals surface area (Å²) in [6.07, 6.45) is 2.58. The smallest absolute Gasteiger partial charge is 0.180 e. The lowest BCUT2D eigenvalue weighted by atomic mass is 10.1. The van der Waals surface area contributed by atoms with Crippen molar-refractivity contribution in [2.75, 3.05) is 24.2 Å². The van der Waals surface area contributed by atoms with E-state index in [9.17, 15) is 0 Å². The summed E-state index contributed by atoms with van der Waals surface area (Å²) >= 11 is 7.76. The molecule has 0 saturated heterocycles. The van der Waals surface area contributed by atoms with Crippen molar-refractivity contribution in [3.63, 3.8) is 0 Å². The van der Waals surface area contributed by atoms with Crippen LogP contribution in [-0.4, -0.2) is 29.3 Å². The fourth-order valence-electron chi connectivity index (χ4n) is 2.41. The average Bonchev–Trinajstić information content (AvgIpc) is 2.86. The Morgan fingerprint density at radius 2 is 2.33 bits per heavy atom. The number of thiazole rings is 1. The van der Waals surface area contributed by atoms with Crippen LogP contribution in [0.1, 0.15) is 23.1 Å². The van der Waals surface area contributed by atoms with E-state index in [-0.39, 0.29) is 0 Å². The van der Waals surface area contributed by atoms with Gasteiger partial charge in [-0.15, -0.1) is 11.3 Å². The van der Waals surface area contributed by atoms with Crippen molar-refractivity contribution in [3.8, 4) is 0 Å². The van der Waals surface area contributed by atoms with Gasteiger partial charge in [0.2, 0.25) is 0 Å². The van der Waals surface area contributed by atoms with E-state index < -0.39 is 0 Å². The molecule has 0 saturated carbocycles. The van der Waals surface area contributed by atoms with Crippen LogP contribution in [0.4, 0.5) is 10.9 Å². The van der Waals surface area contributed by atoms with Gasteiger partial charge >= 0.3 is 0 Å². The van der Waals surface area contributed by atoms with Crippen LogP contribution < -0.4 is 10.6 Å². The van der Waals surface area contributed by atoms with Crippen molar-refractivity contribution in [2.24, 2.45) is 4.99 Å². The molecule has 0 amide bonds. The Labute approximate surface area is 132 Å². The number of aromatic nitrogens is 2. The zero-order chi connectivity index (χ0) is 15.0. The highest BCUT2D eigenvalue weighted by atomic mass is 35.5. The van der Waals surface area contributed by atoms with Crippen LogP contribution >= 0.6 is 22.9 Å². The highest BCUT2D eigenvalue weighted by Crippen LogP contribution is 2.30. The standard InChI is InChI=1S/C14H16ClN5S/c1-8(17-2)9-5-13(18-6-10(9)15)20-4-3-11-12(7-20)21-14(16)19-11/h5-6H,3-4,7H2,1-2H3,(H2,16,19). The lowest BCUT2D eigenvalue weighted by Crippen LogP contribution is -2.30. The van der Waals surface area contributed by atoms with Crippen LogP contribution in [0.5, 0.6) is 0 Å². The van der Waals surface area contributed by atoms with Crippen LogP contribution in [0.2, 0.25) is 5.02 Å². The molecule has 3 rings (SSSR count). The molecule has 0 spiro atoms. The number of nitrogens with two attached hydrogens (primary N) is 1. The lowest BCUT2D eigenvalue weighted by molar-refractivity contribution is 0.719. The Bertz CT molecular complexity index is 709. The molecule has 2 N–H and O–H groups in total. The topological polar surface area (TPSA) is 67.4 Å². The van der Waals surface area contributed by atoms with E-state index in [1.165, 1.54) is 4.88 Å². The van der Waals surface area contributed by atoms with Gasteiger partial charge in [0.05, 0.1) is 17.3 Å². The molecule has 0 bridgehead atoms. The van der Waals surface area contributed by atoms with Gasteiger partial charge in [-0.2, -0.15) is 0 Å². The summed E-state index contributed by atoms with van der Waals surface area (Å²) < 4.78 is 0. The predicted molar refractivity (Wildman–Crippen MR) is 88.7 cm³/mol. The van der Waals surface area contributed by atoms with Crippen molar-refractivity contribution in [1.82, 2.24) is 9.97 Å². The maximum Gasteiger partial charge on any atom is 0.180 e. The van der Waals surface area contributed by atoms with E-state index in [1.807, 2.05) is 13.0 Å². The minimum Gasteiger partial charge on any atom is -0.375 e. The minimum absolute atomic E-state index is 0.626. The number of rotatable bonds is 2. The molecule has 0 fully saturated rings. The van der Waals surface area contributed by atoms with Crippen molar-refractivity contribution in [3.05, 3.63) is 33.4 Å². The van der Waals surface area contributed by atoms with Crippen LogP contribution in [0.15, 0.2) is 17.3 Å². The van der Waals surface area contributed by atoms with Gasteiger partial charge in [-0.3, -0.25) is 4.99 Å². The van der Waals surface area contributed by atoms with Crippen LogP contribution in [0.3, 0.4) is 0 Å². The molecule has 2 aromatic heterocycles. The van der Waals surface area contributed by atoms with Gasteiger partial charge in [0.25, 0.3) is 0 Å². The number of fused-ring (bicyclic) bond motifs is 1. The van der Waals surface area contributed by atoms with Gasteiger partial charge in [0.1, 0.15) is 5.82 Å². The Morgan fingerprint density at radius 3 is 3.10 bits per heavy atom. The Morgan fingerprint density at radius 1 is 1.52 bits per heavy atom. The molecular formula is C14H16ClN5S. The van der Waals surface area contributed by atoms with Gasteiger partial charge < -0.3 is 10.6 Å². The molecule has 0 aliphatic carbocycles. The molecule has 0 unspecified atom stereocenters. The van der Waals surface area contributed by atoms with Gasteiger partial charge in [0.15, 0.2) is 5.13 Å². The summed E-state index contributed by atoms with van der Waals surface area (Å²) in [5.74, 6) is 0.912. The van der Waals surface area contributed by atoms with E-state index in [0.717, 1.165) is 42.3 Å². The third-order valence-electron chi connectivity index (χ3n) is 3.64. The number of nitrogens with zero attached hydrogens (tertiary/aromatic N) is 4. The second-order valence-corrected chi connectivity index (χ2v) is 6.45. The number of hydrogen-bond donors (Lipinski definition) is 1. The zero-order valence-electron chi connectivity index (χ0n) is 11.9. The van der Waals surface area contributed by atoms with Crippen LogP contribution in [0, 0.1) is 0 Å². The van der Waals surface area contributed by atoms with E-state index in [0.29, 0.717) is 10.2 Å². The summed E-state index contributed by atoms with van der Waals surface area (Å²) in [5, 5.41) is 1.27. The molecule has 21 heavy (non-hydrogen) atoms. The fourth-order valence-corrected chi connectivity index (χ4v) is 3.54. The van der Waals surface area contributed by atoms with E-state index in [4.69, 9.17) is 17.3 Å². The summed E-state index contributed by atoms with van der Waals surface area (Å²) in [4.78, 5) is 16.5. The van der Waals surface area contributed by atoms with Crippen molar-refractivity contribution in [1.29, 1.82) is 0 Å². The molecule has 5 nitrogen and oxygen atoms in total. The molecule has 7 heteroatoms. The van der Waals surface area contributed by atoms with Crippen LogP contribution in [0.25, 0.3) is 0 Å². The molecular weight excluding hydrogens is 306 g/mol. The first-order valence-electron chi connectivity index (χ1n) is 6.66. The number of nitrogen functional groups attached to an aromatic ring is 1. The van der Waals surface area contributed by atoms with Crippen molar-refractivity contribution < 1.29 is 0 Å². The summed E-state index contributed by atoms with van der Waals surface area (Å²) in [7, 11) is 1.76. The van der Waals surface area contributed by atoms with Crippen LogP contribution in [-0.2, 0) is 13.0 Å². The number of halogens is 1. The monoisotopic (exact) mass is 321 g/mol. The normalized spacial score (nSPS) is 15.2. The van der Waals surface area contributed by atoms with Gasteiger partial charge in [-0.1, -0.05) is 11.6 Å². The second kappa shape index (κ2) is 5.61. The molecule has 1 aliphatic heterocycles. The summed E-state index contributed by atoms with van der Waals surface area (Å²) in [6.45, 7) is 3.62. The van der Waals surface area contributed by atoms with Gasteiger partial charge in [-0.05, 0) is 13.0 Å². The average molecular weight is 322 g/mol. The van der Waals surface area contributed by atoms with E-state index in [1.54, 1.807) is 24.6 Å². The quantitative estimate of drug-likeness (QED) is 0.864. The molecule has 3 heterocycles. The third kappa shape index (κ3) is 2.73. The SMILES string of the molecule is CN=C(C)c1cc(N2CCc3nc(N)sc3C2)ncc1Cl.